The van der Waals surface area contributed by atoms with E-state index in [1.165, 1.54) is 6.07 Å². The molecule has 4 heteroatoms. The second-order valence-corrected chi connectivity index (χ2v) is 5.34. The van der Waals surface area contributed by atoms with Gasteiger partial charge in [0.1, 0.15) is 23.0 Å². The Morgan fingerprint density at radius 1 is 1.25 bits per heavy atom. The maximum Gasteiger partial charge on any atom is 0.336 e. The molecular formula is C16H18O4. The Labute approximate surface area is 117 Å². The molecule has 0 unspecified atom stereocenters. The van der Waals surface area contributed by atoms with Gasteiger partial charge in [0.25, 0.3) is 0 Å². The van der Waals surface area contributed by atoms with E-state index in [0.29, 0.717) is 30.6 Å². The zero-order valence-electron chi connectivity index (χ0n) is 11.7. The zero-order valence-corrected chi connectivity index (χ0v) is 11.7. The van der Waals surface area contributed by atoms with Crippen LogP contribution in [0.1, 0.15) is 32.3 Å². The minimum Gasteiger partial charge on any atom is -0.487 e. The molecule has 0 radical (unpaired) electrons. The minimum absolute atomic E-state index is 0.288. The second-order valence-electron chi connectivity index (χ2n) is 5.34. The van der Waals surface area contributed by atoms with Gasteiger partial charge >= 0.3 is 5.63 Å². The van der Waals surface area contributed by atoms with Crippen LogP contribution in [0.15, 0.2) is 33.5 Å². The molecule has 1 aliphatic rings. The van der Waals surface area contributed by atoms with Gasteiger partial charge in [-0.25, -0.2) is 4.79 Å². The van der Waals surface area contributed by atoms with Crippen LogP contribution in [0.3, 0.4) is 0 Å². The third-order valence-electron chi connectivity index (χ3n) is 4.33. The summed E-state index contributed by atoms with van der Waals surface area (Å²) in [5, 5.41) is 11.5. The molecule has 20 heavy (non-hydrogen) atoms. The highest BCUT2D eigenvalue weighted by Gasteiger charge is 2.40. The summed E-state index contributed by atoms with van der Waals surface area (Å²) in [6.07, 6.45) is 1.54. The van der Waals surface area contributed by atoms with Gasteiger partial charge in [0.15, 0.2) is 0 Å². The van der Waals surface area contributed by atoms with Crippen LogP contribution in [0.2, 0.25) is 0 Å². The summed E-state index contributed by atoms with van der Waals surface area (Å²) < 4.78 is 11.2. The first-order valence-electron chi connectivity index (χ1n) is 7.02. The summed E-state index contributed by atoms with van der Waals surface area (Å²) in [5.74, 6) is 0.706. The summed E-state index contributed by atoms with van der Waals surface area (Å²) in [7, 11) is 0. The third kappa shape index (κ3) is 1.91. The maximum absolute atomic E-state index is 11.4. The Morgan fingerprint density at radius 3 is 2.65 bits per heavy atom. The predicted molar refractivity (Wildman–Crippen MR) is 76.1 cm³/mol. The molecule has 106 valence electrons. The number of fused-ring (bicyclic) bond motifs is 3. The molecule has 1 aliphatic heterocycles. The average Bonchev–Trinajstić information content (AvgIpc) is 2.91. The van der Waals surface area contributed by atoms with Crippen molar-refractivity contribution in [3.8, 4) is 5.75 Å². The standard InChI is InChI=1S/C16H18O4/c1-3-16(18,4-2)13-9-11-12(19-13)7-5-10-6-8-14(17)20-15(10)11/h5-8,13,18H,3-4,9H2,1-2H3/t13-/m1/s1. The van der Waals surface area contributed by atoms with Gasteiger partial charge in [0.05, 0.1) is 0 Å². The van der Waals surface area contributed by atoms with Crippen molar-refractivity contribution in [3.63, 3.8) is 0 Å². The van der Waals surface area contributed by atoms with Gasteiger partial charge in [0.2, 0.25) is 0 Å². The molecule has 4 nitrogen and oxygen atoms in total. The van der Waals surface area contributed by atoms with Crippen molar-refractivity contribution < 1.29 is 14.3 Å². The molecule has 1 aromatic carbocycles. The van der Waals surface area contributed by atoms with E-state index in [1.807, 2.05) is 26.0 Å². The summed E-state index contributed by atoms with van der Waals surface area (Å²) in [6, 6.07) is 6.91. The van der Waals surface area contributed by atoms with E-state index in [-0.39, 0.29) is 11.7 Å². The Balaban J connectivity index is 2.07. The van der Waals surface area contributed by atoms with E-state index in [2.05, 4.69) is 0 Å². The zero-order chi connectivity index (χ0) is 14.3. The van der Waals surface area contributed by atoms with Gasteiger partial charge < -0.3 is 14.3 Å². The number of benzene rings is 1. The smallest absolute Gasteiger partial charge is 0.336 e. The summed E-state index contributed by atoms with van der Waals surface area (Å²) >= 11 is 0. The molecule has 0 saturated carbocycles. The molecule has 1 N–H and O–H groups in total. The van der Waals surface area contributed by atoms with Crippen LogP contribution in [-0.4, -0.2) is 16.8 Å². The molecule has 0 aliphatic carbocycles. The SMILES string of the molecule is CCC(O)(CC)[C@H]1Cc2c(ccc3ccc(=O)oc23)O1. The van der Waals surface area contributed by atoms with Crippen molar-refractivity contribution in [2.75, 3.05) is 0 Å². The lowest BCUT2D eigenvalue weighted by Gasteiger charge is -2.31. The first-order valence-corrected chi connectivity index (χ1v) is 7.02. The van der Waals surface area contributed by atoms with E-state index in [9.17, 15) is 9.90 Å². The predicted octanol–water partition coefficient (Wildman–Crippen LogP) is 2.65. The topological polar surface area (TPSA) is 59.7 Å². The molecule has 2 aromatic rings. The van der Waals surface area contributed by atoms with Crippen LogP contribution in [0.5, 0.6) is 5.75 Å². The van der Waals surface area contributed by atoms with Crippen LogP contribution in [-0.2, 0) is 6.42 Å². The van der Waals surface area contributed by atoms with Gasteiger partial charge in [-0.15, -0.1) is 0 Å². The number of rotatable bonds is 3. The second kappa shape index (κ2) is 4.63. The van der Waals surface area contributed by atoms with Gasteiger partial charge in [0, 0.05) is 23.4 Å². The maximum atomic E-state index is 11.4. The summed E-state index contributed by atoms with van der Waals surface area (Å²) in [6.45, 7) is 3.90. The number of hydrogen-bond donors (Lipinski definition) is 1. The Hall–Kier alpha value is -1.81. The molecule has 1 aromatic heterocycles. The highest BCUT2D eigenvalue weighted by Crippen LogP contribution is 2.39. The van der Waals surface area contributed by atoms with Gasteiger partial charge in [-0.3, -0.25) is 0 Å². The summed E-state index contributed by atoms with van der Waals surface area (Å²) in [4.78, 5) is 11.4. The quantitative estimate of drug-likeness (QED) is 0.874. The van der Waals surface area contributed by atoms with Crippen LogP contribution >= 0.6 is 0 Å². The van der Waals surface area contributed by atoms with E-state index < -0.39 is 5.60 Å². The Kier molecular flexibility index (Phi) is 3.05. The lowest BCUT2D eigenvalue weighted by molar-refractivity contribution is -0.0580. The van der Waals surface area contributed by atoms with Crippen LogP contribution in [0.25, 0.3) is 11.0 Å². The lowest BCUT2D eigenvalue weighted by atomic mass is 9.88. The number of ether oxygens (including phenoxy) is 1. The molecule has 0 amide bonds. The van der Waals surface area contributed by atoms with Crippen molar-refractivity contribution in [1.82, 2.24) is 0 Å². The number of aliphatic hydroxyl groups is 1. The fourth-order valence-corrected chi connectivity index (χ4v) is 2.86. The average molecular weight is 274 g/mol. The van der Waals surface area contributed by atoms with Gasteiger partial charge in [-0.05, 0) is 31.0 Å². The van der Waals surface area contributed by atoms with E-state index in [4.69, 9.17) is 9.15 Å². The highest BCUT2D eigenvalue weighted by atomic mass is 16.5. The van der Waals surface area contributed by atoms with E-state index >= 15 is 0 Å². The summed E-state index contributed by atoms with van der Waals surface area (Å²) in [5.41, 5.74) is 0.244. The van der Waals surface area contributed by atoms with Gasteiger partial charge in [-0.1, -0.05) is 13.8 Å². The van der Waals surface area contributed by atoms with Crippen molar-refractivity contribution in [1.29, 1.82) is 0 Å². The van der Waals surface area contributed by atoms with Crippen molar-refractivity contribution >= 4 is 11.0 Å². The monoisotopic (exact) mass is 274 g/mol. The van der Waals surface area contributed by atoms with Crippen LogP contribution in [0.4, 0.5) is 0 Å². The molecule has 0 bridgehead atoms. The lowest BCUT2D eigenvalue weighted by Crippen LogP contribution is -2.44. The highest BCUT2D eigenvalue weighted by molar-refractivity contribution is 5.82. The normalized spacial score (nSPS) is 18.1. The molecule has 3 rings (SSSR count). The molecule has 1 atom stereocenters. The molecule has 2 heterocycles. The van der Waals surface area contributed by atoms with Crippen molar-refractivity contribution in [2.24, 2.45) is 0 Å². The minimum atomic E-state index is -0.847. The van der Waals surface area contributed by atoms with Crippen LogP contribution in [0, 0.1) is 0 Å². The van der Waals surface area contributed by atoms with E-state index in [1.54, 1.807) is 6.07 Å². The fourth-order valence-electron chi connectivity index (χ4n) is 2.86. The number of hydrogen-bond acceptors (Lipinski definition) is 4. The first-order chi connectivity index (χ1) is 9.57. The molecular weight excluding hydrogens is 256 g/mol. The molecule has 0 saturated heterocycles. The Bertz CT molecular complexity index is 697. The van der Waals surface area contributed by atoms with Crippen molar-refractivity contribution in [3.05, 3.63) is 40.2 Å². The van der Waals surface area contributed by atoms with E-state index in [0.717, 1.165) is 10.9 Å². The fraction of sp³-hybridized carbons (Fsp3) is 0.438. The van der Waals surface area contributed by atoms with Crippen LogP contribution < -0.4 is 10.4 Å². The molecule has 0 fully saturated rings. The third-order valence-corrected chi connectivity index (χ3v) is 4.33. The Morgan fingerprint density at radius 2 is 1.95 bits per heavy atom. The van der Waals surface area contributed by atoms with Gasteiger partial charge in [-0.2, -0.15) is 0 Å². The largest absolute Gasteiger partial charge is 0.487 e. The first kappa shape index (κ1) is 13.2. The molecule has 0 spiro atoms. The van der Waals surface area contributed by atoms with Crippen molar-refractivity contribution in [2.45, 2.75) is 44.8 Å².